The van der Waals surface area contributed by atoms with Gasteiger partial charge < -0.3 is 9.47 Å². The van der Waals surface area contributed by atoms with Gasteiger partial charge >= 0.3 is 6.11 Å². The van der Waals surface area contributed by atoms with Crippen LogP contribution in [0.3, 0.4) is 0 Å². The minimum absolute atomic E-state index is 0.150. The lowest BCUT2D eigenvalue weighted by molar-refractivity contribution is -0.225. The number of benzene rings is 1. The Kier molecular flexibility index (Phi) is 8.91. The third-order valence-electron chi connectivity index (χ3n) is 9.42. The molecule has 0 radical (unpaired) electrons. The van der Waals surface area contributed by atoms with E-state index in [1.165, 1.54) is 57.8 Å². The number of alkyl halides is 2. The van der Waals surface area contributed by atoms with Crippen molar-refractivity contribution in [2.24, 2.45) is 35.5 Å². The molecule has 6 heteroatoms. The molecule has 4 rings (SSSR count). The van der Waals surface area contributed by atoms with Gasteiger partial charge in [0.1, 0.15) is 0 Å². The second-order valence-corrected chi connectivity index (χ2v) is 11.3. The second kappa shape index (κ2) is 11.7. The van der Waals surface area contributed by atoms with Crippen molar-refractivity contribution in [3.63, 3.8) is 0 Å². The second-order valence-electron chi connectivity index (χ2n) is 11.3. The van der Waals surface area contributed by atoms with Gasteiger partial charge in [-0.25, -0.2) is 0 Å². The molecule has 0 N–H and O–H groups in total. The topological polar surface area (TPSA) is 18.5 Å². The summed E-state index contributed by atoms with van der Waals surface area (Å²) in [6.45, 7) is 4.10. The molecular weight excluding hydrogens is 456 g/mol. The lowest BCUT2D eigenvalue weighted by Gasteiger charge is -2.42. The van der Waals surface area contributed by atoms with E-state index in [-0.39, 0.29) is 12.4 Å². The third kappa shape index (κ3) is 6.28. The van der Waals surface area contributed by atoms with Crippen molar-refractivity contribution in [2.75, 3.05) is 6.61 Å². The van der Waals surface area contributed by atoms with Crippen LogP contribution in [0.25, 0.3) is 0 Å². The van der Waals surface area contributed by atoms with Gasteiger partial charge in [0.15, 0.2) is 11.5 Å². The molecule has 1 aromatic carbocycles. The zero-order valence-electron chi connectivity index (χ0n) is 21.3. The summed E-state index contributed by atoms with van der Waals surface area (Å²) in [5.74, 6) is -0.913. The van der Waals surface area contributed by atoms with E-state index in [4.69, 9.17) is 9.47 Å². The largest absolute Gasteiger partial charge is 0.491 e. The van der Waals surface area contributed by atoms with Crippen LogP contribution in [-0.2, 0) is 0 Å². The Morgan fingerprint density at radius 1 is 0.686 bits per heavy atom. The van der Waals surface area contributed by atoms with Crippen LogP contribution < -0.4 is 9.47 Å². The Labute approximate surface area is 208 Å². The van der Waals surface area contributed by atoms with Gasteiger partial charge in [0.25, 0.3) is 0 Å². The summed E-state index contributed by atoms with van der Waals surface area (Å²) < 4.78 is 67.9. The summed E-state index contributed by atoms with van der Waals surface area (Å²) >= 11 is 0. The maximum atomic E-state index is 14.9. The number of ether oxygens (including phenoxy) is 2. The summed E-state index contributed by atoms with van der Waals surface area (Å²) in [7, 11) is 0. The van der Waals surface area contributed by atoms with Gasteiger partial charge in [-0.2, -0.15) is 17.6 Å². The van der Waals surface area contributed by atoms with E-state index in [2.05, 4.69) is 6.92 Å². The highest BCUT2D eigenvalue weighted by Crippen LogP contribution is 2.48. The van der Waals surface area contributed by atoms with Gasteiger partial charge in [-0.15, -0.1) is 0 Å². The molecule has 3 aliphatic rings. The van der Waals surface area contributed by atoms with Crippen molar-refractivity contribution in [1.29, 1.82) is 0 Å². The number of halogens is 4. The Balaban J connectivity index is 1.25. The highest BCUT2D eigenvalue weighted by molar-refractivity contribution is 5.35. The van der Waals surface area contributed by atoms with E-state index >= 15 is 0 Å². The van der Waals surface area contributed by atoms with Crippen molar-refractivity contribution < 1.29 is 27.0 Å². The highest BCUT2D eigenvalue weighted by atomic mass is 19.3. The van der Waals surface area contributed by atoms with E-state index < -0.39 is 29.4 Å². The molecular formula is C29H42F4O2. The predicted molar refractivity (Wildman–Crippen MR) is 130 cm³/mol. The van der Waals surface area contributed by atoms with Crippen LogP contribution >= 0.6 is 0 Å². The fraction of sp³-hybridized carbons (Fsp3) is 0.793. The fourth-order valence-electron chi connectivity index (χ4n) is 7.17. The molecule has 0 heterocycles. The van der Waals surface area contributed by atoms with E-state index in [1.807, 2.05) is 0 Å². The van der Waals surface area contributed by atoms with Crippen LogP contribution in [0.1, 0.15) is 97.3 Å². The van der Waals surface area contributed by atoms with E-state index in [1.54, 1.807) is 6.92 Å². The number of rotatable bonds is 8. The standard InChI is InChI=1S/C29H42F4O2/c1-3-19-5-7-20(8-6-19)21-9-11-22(12-10-21)23-13-15-24(16-14-23)29(32,33)35-26-18-17-25(34-4-2)27(30)28(26)31/h17-24H,3-16H2,1-2H3. The van der Waals surface area contributed by atoms with Crippen LogP contribution in [-0.4, -0.2) is 12.7 Å². The zero-order chi connectivity index (χ0) is 25.0. The minimum Gasteiger partial charge on any atom is -0.491 e. The SMILES string of the molecule is CCOc1ccc(OC(F)(F)C2CCC(C3CCC(C4CCC(CC)CC4)CC3)CC2)c(F)c1F. The molecule has 0 amide bonds. The highest BCUT2D eigenvalue weighted by Gasteiger charge is 2.46. The lowest BCUT2D eigenvalue weighted by atomic mass is 9.65. The molecule has 0 saturated heterocycles. The molecule has 0 bridgehead atoms. The van der Waals surface area contributed by atoms with E-state index in [9.17, 15) is 17.6 Å². The van der Waals surface area contributed by atoms with Crippen LogP contribution in [0.2, 0.25) is 0 Å². The van der Waals surface area contributed by atoms with Gasteiger partial charge in [0.2, 0.25) is 11.6 Å². The molecule has 3 saturated carbocycles. The first-order chi connectivity index (χ1) is 16.8. The van der Waals surface area contributed by atoms with Crippen molar-refractivity contribution in [2.45, 2.75) is 103 Å². The first kappa shape index (κ1) is 26.6. The maximum Gasteiger partial charge on any atom is 0.400 e. The number of hydrogen-bond donors (Lipinski definition) is 0. The predicted octanol–water partition coefficient (Wildman–Crippen LogP) is 9.16. The van der Waals surface area contributed by atoms with Gasteiger partial charge in [0.05, 0.1) is 12.5 Å². The summed E-state index contributed by atoms with van der Waals surface area (Å²) in [4.78, 5) is 0. The molecule has 198 valence electrons. The Morgan fingerprint density at radius 2 is 1.11 bits per heavy atom. The first-order valence-corrected chi connectivity index (χ1v) is 14.0. The van der Waals surface area contributed by atoms with Crippen LogP contribution in [0.5, 0.6) is 11.5 Å². The number of hydrogen-bond acceptors (Lipinski definition) is 2. The Morgan fingerprint density at radius 3 is 1.60 bits per heavy atom. The van der Waals surface area contributed by atoms with Gasteiger partial charge in [-0.3, -0.25) is 0 Å². The average Bonchev–Trinajstić information content (AvgIpc) is 2.89. The monoisotopic (exact) mass is 498 g/mol. The van der Waals surface area contributed by atoms with E-state index in [0.717, 1.165) is 42.7 Å². The molecule has 0 aromatic heterocycles. The van der Waals surface area contributed by atoms with Crippen molar-refractivity contribution in [3.8, 4) is 11.5 Å². The summed E-state index contributed by atoms with van der Waals surface area (Å²) in [6, 6.07) is 2.16. The van der Waals surface area contributed by atoms with Crippen molar-refractivity contribution in [3.05, 3.63) is 23.8 Å². The molecule has 0 unspecified atom stereocenters. The molecule has 2 nitrogen and oxygen atoms in total. The minimum atomic E-state index is -3.53. The summed E-state index contributed by atoms with van der Waals surface area (Å²) in [6.07, 6.45) is 10.7. The fourth-order valence-corrected chi connectivity index (χ4v) is 7.17. The molecule has 0 atom stereocenters. The molecule has 0 spiro atoms. The lowest BCUT2D eigenvalue weighted by Crippen LogP contribution is -2.38. The van der Waals surface area contributed by atoms with Crippen molar-refractivity contribution in [1.82, 2.24) is 0 Å². The van der Waals surface area contributed by atoms with Crippen LogP contribution in [0.4, 0.5) is 17.6 Å². The summed E-state index contributed by atoms with van der Waals surface area (Å²) in [5, 5.41) is 0. The summed E-state index contributed by atoms with van der Waals surface area (Å²) in [5.41, 5.74) is 0. The molecule has 3 aliphatic carbocycles. The van der Waals surface area contributed by atoms with Gasteiger partial charge in [0, 0.05) is 0 Å². The smallest absolute Gasteiger partial charge is 0.400 e. The Bertz CT molecular complexity index is 805. The Hall–Kier alpha value is -1.46. The molecule has 0 aliphatic heterocycles. The van der Waals surface area contributed by atoms with Crippen molar-refractivity contribution >= 4 is 0 Å². The molecule has 35 heavy (non-hydrogen) atoms. The quantitative estimate of drug-likeness (QED) is 0.333. The van der Waals surface area contributed by atoms with Crippen LogP contribution in [0.15, 0.2) is 12.1 Å². The van der Waals surface area contributed by atoms with E-state index in [0.29, 0.717) is 24.7 Å². The van der Waals surface area contributed by atoms with Gasteiger partial charge in [-0.05, 0) is 113 Å². The van der Waals surface area contributed by atoms with Crippen LogP contribution in [0, 0.1) is 47.1 Å². The van der Waals surface area contributed by atoms with Gasteiger partial charge in [-0.1, -0.05) is 26.2 Å². The molecule has 1 aromatic rings. The average molecular weight is 499 g/mol. The first-order valence-electron chi connectivity index (χ1n) is 14.0. The normalized spacial score (nSPS) is 32.3. The third-order valence-corrected chi connectivity index (χ3v) is 9.42. The maximum absolute atomic E-state index is 14.9. The zero-order valence-corrected chi connectivity index (χ0v) is 21.3. The molecule has 3 fully saturated rings.